The summed E-state index contributed by atoms with van der Waals surface area (Å²) >= 11 is 0. The first kappa shape index (κ1) is 25.0. The molecule has 0 atom stereocenters. The molecule has 2 fully saturated rings. The van der Waals surface area contributed by atoms with Crippen molar-refractivity contribution in [1.82, 2.24) is 20.5 Å². The number of benzene rings is 1. The minimum absolute atomic E-state index is 0. The number of halogens is 1. The molecule has 0 spiro atoms. The van der Waals surface area contributed by atoms with Crippen LogP contribution < -0.4 is 10.6 Å². The maximum Gasteiger partial charge on any atom is 0.226 e. The number of hydrogen-bond donors (Lipinski definition) is 2. The third-order valence-electron chi connectivity index (χ3n) is 6.56. The summed E-state index contributed by atoms with van der Waals surface area (Å²) in [5.74, 6) is 1.45. The van der Waals surface area contributed by atoms with E-state index >= 15 is 0 Å². The molecule has 2 N–H and O–H groups in total. The lowest BCUT2D eigenvalue weighted by Gasteiger charge is -2.48. The highest BCUT2D eigenvalue weighted by atomic mass is 127. The molecule has 7 nitrogen and oxygen atoms in total. The number of morpholine rings is 1. The van der Waals surface area contributed by atoms with Gasteiger partial charge in [-0.2, -0.15) is 0 Å². The van der Waals surface area contributed by atoms with Crippen LogP contribution in [0.25, 0.3) is 11.5 Å². The largest absolute Gasteiger partial charge is 0.444 e. The summed E-state index contributed by atoms with van der Waals surface area (Å²) in [6.07, 6.45) is 8.12. The Bertz CT molecular complexity index is 856. The molecule has 2 aliphatic rings. The van der Waals surface area contributed by atoms with Gasteiger partial charge in [0, 0.05) is 37.8 Å². The number of rotatable bonds is 6. The van der Waals surface area contributed by atoms with Crippen molar-refractivity contribution in [3.05, 3.63) is 41.8 Å². The number of guanidine groups is 1. The van der Waals surface area contributed by atoms with E-state index in [-0.39, 0.29) is 29.5 Å². The molecular weight excluding hydrogens is 517 g/mol. The summed E-state index contributed by atoms with van der Waals surface area (Å²) in [7, 11) is 1.82. The van der Waals surface area contributed by atoms with Gasteiger partial charge < -0.3 is 19.8 Å². The SMILES string of the molecule is CN=C(NCc1coc(-c2ccc(C)cc2)n1)NCC1(N2CCOCC2)CCCCC1.I. The summed E-state index contributed by atoms with van der Waals surface area (Å²) in [5.41, 5.74) is 3.27. The Balaban J connectivity index is 0.00000289. The lowest BCUT2D eigenvalue weighted by atomic mass is 9.80. The van der Waals surface area contributed by atoms with E-state index in [1.807, 2.05) is 19.2 Å². The van der Waals surface area contributed by atoms with Gasteiger partial charge in [-0.1, -0.05) is 37.0 Å². The van der Waals surface area contributed by atoms with Crippen LogP contribution in [0.1, 0.15) is 43.4 Å². The molecule has 1 aromatic carbocycles. The summed E-state index contributed by atoms with van der Waals surface area (Å²) < 4.78 is 11.3. The average Bonchev–Trinajstić information content (AvgIpc) is 3.30. The standard InChI is InChI=1S/C24H35N5O2.HI/c1-19-6-8-20(9-7-19)22-28-21(17-31-22)16-26-23(25-2)27-18-24(10-4-3-5-11-24)29-12-14-30-15-13-29;/h6-9,17H,3-5,10-16,18H2,1-2H3,(H2,25,26,27);1H. The molecule has 2 aromatic rings. The van der Waals surface area contributed by atoms with E-state index in [0.717, 1.165) is 50.1 Å². The molecule has 0 amide bonds. The number of ether oxygens (including phenoxy) is 1. The second kappa shape index (κ2) is 12.0. The van der Waals surface area contributed by atoms with E-state index in [1.165, 1.54) is 37.7 Å². The summed E-state index contributed by atoms with van der Waals surface area (Å²) in [6.45, 7) is 7.26. The number of nitrogens with one attached hydrogen (secondary N) is 2. The van der Waals surface area contributed by atoms with Crippen LogP contribution in [0, 0.1) is 6.92 Å². The predicted molar refractivity (Wildman–Crippen MR) is 139 cm³/mol. The van der Waals surface area contributed by atoms with E-state index < -0.39 is 0 Å². The highest BCUT2D eigenvalue weighted by Crippen LogP contribution is 2.33. The Morgan fingerprint density at radius 3 is 2.50 bits per heavy atom. The fraction of sp³-hybridized carbons (Fsp3) is 0.583. The van der Waals surface area contributed by atoms with Crippen LogP contribution in [-0.4, -0.2) is 61.3 Å². The second-order valence-corrected chi connectivity index (χ2v) is 8.67. The van der Waals surface area contributed by atoms with E-state index in [4.69, 9.17) is 9.15 Å². The van der Waals surface area contributed by atoms with Crippen molar-refractivity contribution >= 4 is 29.9 Å². The van der Waals surface area contributed by atoms with Gasteiger partial charge in [-0.3, -0.25) is 9.89 Å². The highest BCUT2D eigenvalue weighted by molar-refractivity contribution is 14.0. The Morgan fingerprint density at radius 2 is 1.81 bits per heavy atom. The van der Waals surface area contributed by atoms with Gasteiger partial charge in [-0.15, -0.1) is 24.0 Å². The third-order valence-corrected chi connectivity index (χ3v) is 6.56. The molecule has 2 heterocycles. The highest BCUT2D eigenvalue weighted by Gasteiger charge is 2.38. The fourth-order valence-electron chi connectivity index (χ4n) is 4.71. The fourth-order valence-corrected chi connectivity index (χ4v) is 4.71. The smallest absolute Gasteiger partial charge is 0.226 e. The monoisotopic (exact) mass is 553 g/mol. The average molecular weight is 553 g/mol. The molecule has 8 heteroatoms. The lowest BCUT2D eigenvalue weighted by molar-refractivity contribution is -0.0352. The zero-order valence-electron chi connectivity index (χ0n) is 19.2. The lowest BCUT2D eigenvalue weighted by Crippen LogP contribution is -2.60. The third kappa shape index (κ3) is 6.23. The van der Waals surface area contributed by atoms with Gasteiger partial charge in [-0.05, 0) is 31.9 Å². The number of aryl methyl sites for hydroxylation is 1. The number of nitrogens with zero attached hydrogens (tertiary/aromatic N) is 3. The maximum absolute atomic E-state index is 5.68. The van der Waals surface area contributed by atoms with Gasteiger partial charge in [0.2, 0.25) is 5.89 Å². The quantitative estimate of drug-likeness (QED) is 0.321. The van der Waals surface area contributed by atoms with Crippen LogP contribution in [-0.2, 0) is 11.3 Å². The van der Waals surface area contributed by atoms with Gasteiger partial charge >= 0.3 is 0 Å². The number of aliphatic imine (C=N–C) groups is 1. The second-order valence-electron chi connectivity index (χ2n) is 8.67. The Kier molecular flexibility index (Phi) is 9.36. The molecule has 176 valence electrons. The number of oxazole rings is 1. The first-order valence-corrected chi connectivity index (χ1v) is 11.5. The van der Waals surface area contributed by atoms with Crippen LogP contribution in [0.5, 0.6) is 0 Å². The molecule has 1 aromatic heterocycles. The zero-order valence-corrected chi connectivity index (χ0v) is 21.6. The molecule has 0 bridgehead atoms. The van der Waals surface area contributed by atoms with Crippen LogP contribution in [0.3, 0.4) is 0 Å². The minimum atomic E-state index is 0. The van der Waals surface area contributed by atoms with Crippen molar-refractivity contribution in [2.45, 2.75) is 51.1 Å². The summed E-state index contributed by atoms with van der Waals surface area (Å²) in [6, 6.07) is 8.21. The van der Waals surface area contributed by atoms with Crippen LogP contribution >= 0.6 is 24.0 Å². The number of hydrogen-bond acceptors (Lipinski definition) is 5. The molecule has 1 saturated carbocycles. The van der Waals surface area contributed by atoms with Crippen molar-refractivity contribution < 1.29 is 9.15 Å². The summed E-state index contributed by atoms with van der Waals surface area (Å²) in [5, 5.41) is 6.98. The van der Waals surface area contributed by atoms with Crippen LogP contribution in [0.15, 0.2) is 39.9 Å². The van der Waals surface area contributed by atoms with E-state index in [1.54, 1.807) is 6.26 Å². The van der Waals surface area contributed by atoms with E-state index in [9.17, 15) is 0 Å². The van der Waals surface area contributed by atoms with Gasteiger partial charge in [0.05, 0.1) is 25.5 Å². The van der Waals surface area contributed by atoms with Gasteiger partial charge in [0.25, 0.3) is 0 Å². The van der Waals surface area contributed by atoms with Crippen molar-refractivity contribution in [3.8, 4) is 11.5 Å². The van der Waals surface area contributed by atoms with E-state index in [0.29, 0.717) is 12.4 Å². The molecule has 0 unspecified atom stereocenters. The van der Waals surface area contributed by atoms with Gasteiger partial charge in [0.15, 0.2) is 5.96 Å². The molecule has 1 aliphatic heterocycles. The Morgan fingerprint density at radius 1 is 1.09 bits per heavy atom. The molecule has 4 rings (SSSR count). The predicted octanol–water partition coefficient (Wildman–Crippen LogP) is 3.97. The molecule has 32 heavy (non-hydrogen) atoms. The van der Waals surface area contributed by atoms with Crippen molar-refractivity contribution in [3.63, 3.8) is 0 Å². The normalized spacial score (nSPS) is 19.2. The van der Waals surface area contributed by atoms with E-state index in [2.05, 4.69) is 44.6 Å². The molecule has 0 radical (unpaired) electrons. The maximum atomic E-state index is 5.68. The van der Waals surface area contributed by atoms with Crippen molar-refractivity contribution in [2.75, 3.05) is 39.9 Å². The first-order valence-electron chi connectivity index (χ1n) is 11.5. The first-order chi connectivity index (χ1) is 15.2. The number of aromatic nitrogens is 1. The van der Waals surface area contributed by atoms with Crippen molar-refractivity contribution in [1.29, 1.82) is 0 Å². The molecular formula is C24H36IN5O2. The minimum Gasteiger partial charge on any atom is -0.444 e. The zero-order chi connectivity index (χ0) is 21.5. The molecule has 1 saturated heterocycles. The molecule has 1 aliphatic carbocycles. The van der Waals surface area contributed by atoms with Gasteiger partial charge in [-0.25, -0.2) is 4.98 Å². The van der Waals surface area contributed by atoms with Crippen LogP contribution in [0.2, 0.25) is 0 Å². The van der Waals surface area contributed by atoms with Crippen LogP contribution in [0.4, 0.5) is 0 Å². The Hall–Kier alpha value is -1.65. The van der Waals surface area contributed by atoms with Crippen molar-refractivity contribution in [2.24, 2.45) is 4.99 Å². The topological polar surface area (TPSA) is 74.9 Å². The van der Waals surface area contributed by atoms with Gasteiger partial charge in [0.1, 0.15) is 6.26 Å². The Labute approximate surface area is 208 Å². The summed E-state index contributed by atoms with van der Waals surface area (Å²) in [4.78, 5) is 11.7.